The van der Waals surface area contributed by atoms with Gasteiger partial charge in [0.1, 0.15) is 0 Å². The summed E-state index contributed by atoms with van der Waals surface area (Å²) in [6.45, 7) is 5.10. The van der Waals surface area contributed by atoms with Crippen LogP contribution in [0.25, 0.3) is 0 Å². The predicted octanol–water partition coefficient (Wildman–Crippen LogP) is 3.13. The van der Waals surface area contributed by atoms with Crippen LogP contribution in [0.3, 0.4) is 0 Å². The minimum absolute atomic E-state index is 0.135. The van der Waals surface area contributed by atoms with E-state index in [0.29, 0.717) is 5.92 Å². The van der Waals surface area contributed by atoms with E-state index in [2.05, 4.69) is 19.9 Å². The van der Waals surface area contributed by atoms with Gasteiger partial charge in [0.2, 0.25) is 0 Å². The molecular weight excluding hydrogens is 174 g/mol. The van der Waals surface area contributed by atoms with Crippen LogP contribution < -0.4 is 0 Å². The number of nitriles is 1. The highest BCUT2D eigenvalue weighted by molar-refractivity contribution is 4.90. The summed E-state index contributed by atoms with van der Waals surface area (Å²) >= 11 is 0. The van der Waals surface area contributed by atoms with Crippen LogP contribution in [0.2, 0.25) is 0 Å². The van der Waals surface area contributed by atoms with Gasteiger partial charge in [0.15, 0.2) is 0 Å². The molecule has 0 spiro atoms. The van der Waals surface area contributed by atoms with Gasteiger partial charge in [-0.1, -0.05) is 33.1 Å². The van der Waals surface area contributed by atoms with Gasteiger partial charge in [-0.25, -0.2) is 0 Å². The average Bonchev–Trinajstić information content (AvgIpc) is 2.38. The zero-order valence-electron chi connectivity index (χ0n) is 9.33. The fraction of sp³-hybridized carbons (Fsp3) is 0.917. The molecule has 80 valence electrons. The quantitative estimate of drug-likeness (QED) is 0.648. The van der Waals surface area contributed by atoms with Crippen LogP contribution in [0, 0.1) is 23.2 Å². The summed E-state index contributed by atoms with van der Waals surface area (Å²) in [5.74, 6) is 0.703. The van der Waals surface area contributed by atoms with Crippen molar-refractivity contribution in [2.45, 2.75) is 52.1 Å². The van der Waals surface area contributed by atoms with Gasteiger partial charge >= 0.3 is 0 Å². The third kappa shape index (κ3) is 3.67. The summed E-state index contributed by atoms with van der Waals surface area (Å²) in [6, 6.07) is 2.39. The molecule has 1 fully saturated rings. The van der Waals surface area contributed by atoms with E-state index >= 15 is 0 Å². The van der Waals surface area contributed by atoms with Crippen molar-refractivity contribution in [2.24, 2.45) is 11.8 Å². The second-order valence-corrected chi connectivity index (χ2v) is 4.64. The van der Waals surface area contributed by atoms with Gasteiger partial charge in [-0.15, -0.1) is 0 Å². The zero-order chi connectivity index (χ0) is 10.4. The van der Waals surface area contributed by atoms with E-state index < -0.39 is 0 Å². The molecule has 0 radical (unpaired) electrons. The molecule has 2 nitrogen and oxygen atoms in total. The molecule has 1 aliphatic carbocycles. The lowest BCUT2D eigenvalue weighted by Gasteiger charge is -2.21. The molecule has 2 unspecified atom stereocenters. The Balaban J connectivity index is 2.41. The molecule has 1 saturated carbocycles. The topological polar surface area (TPSA) is 33.0 Å². The van der Waals surface area contributed by atoms with Gasteiger partial charge in [0.05, 0.1) is 18.1 Å². The van der Waals surface area contributed by atoms with Gasteiger partial charge < -0.3 is 4.74 Å². The Morgan fingerprint density at radius 3 is 2.64 bits per heavy atom. The molecule has 0 heterocycles. The molecular formula is C12H21NO. The molecule has 0 aromatic rings. The maximum absolute atomic E-state index is 9.02. The first-order valence-corrected chi connectivity index (χ1v) is 5.75. The maximum Gasteiger partial charge on any atom is 0.0733 e. The largest absolute Gasteiger partial charge is 0.377 e. The number of hydrogen-bond donors (Lipinski definition) is 0. The van der Waals surface area contributed by atoms with Crippen LogP contribution in [-0.2, 0) is 4.74 Å². The van der Waals surface area contributed by atoms with Gasteiger partial charge in [0, 0.05) is 6.61 Å². The van der Waals surface area contributed by atoms with Gasteiger partial charge in [0.25, 0.3) is 0 Å². The molecule has 14 heavy (non-hydrogen) atoms. The summed E-state index contributed by atoms with van der Waals surface area (Å²) in [6.07, 6.45) is 5.98. The lowest BCUT2D eigenvalue weighted by Crippen LogP contribution is -2.23. The number of hydrogen-bond acceptors (Lipinski definition) is 2. The number of rotatable bonds is 3. The van der Waals surface area contributed by atoms with E-state index in [1.54, 1.807) is 0 Å². The lowest BCUT2D eigenvalue weighted by molar-refractivity contribution is 0.00860. The van der Waals surface area contributed by atoms with Crippen molar-refractivity contribution in [3.05, 3.63) is 0 Å². The Bertz CT molecular complexity index is 195. The summed E-state index contributed by atoms with van der Waals surface area (Å²) in [4.78, 5) is 0. The third-order valence-corrected chi connectivity index (χ3v) is 2.76. The van der Waals surface area contributed by atoms with E-state index in [4.69, 9.17) is 10.00 Å². The van der Waals surface area contributed by atoms with Crippen LogP contribution in [0.4, 0.5) is 0 Å². The monoisotopic (exact) mass is 195 g/mol. The second-order valence-electron chi connectivity index (χ2n) is 4.64. The molecule has 0 saturated heterocycles. The average molecular weight is 195 g/mol. The summed E-state index contributed by atoms with van der Waals surface area (Å²) in [5.41, 5.74) is 0. The highest BCUT2D eigenvalue weighted by Gasteiger charge is 2.24. The fourth-order valence-electron chi connectivity index (χ4n) is 1.94. The standard InChI is InChI=1S/C12H21NO/c1-10(2)9-14-12-7-5-3-4-6-11(12)8-13/h10-12H,3-7,9H2,1-2H3. The van der Waals surface area contributed by atoms with Crippen molar-refractivity contribution < 1.29 is 4.74 Å². The van der Waals surface area contributed by atoms with Gasteiger partial charge in [-0.05, 0) is 18.8 Å². The predicted molar refractivity (Wildman–Crippen MR) is 56.8 cm³/mol. The van der Waals surface area contributed by atoms with Crippen LogP contribution in [-0.4, -0.2) is 12.7 Å². The summed E-state index contributed by atoms with van der Waals surface area (Å²) in [5, 5.41) is 9.02. The normalized spacial score (nSPS) is 28.4. The van der Waals surface area contributed by atoms with Gasteiger partial charge in [-0.2, -0.15) is 5.26 Å². The SMILES string of the molecule is CC(C)COC1CCCCCC1C#N. The minimum Gasteiger partial charge on any atom is -0.377 e. The Hall–Kier alpha value is -0.550. The van der Waals surface area contributed by atoms with E-state index in [1.807, 2.05) is 0 Å². The van der Waals surface area contributed by atoms with Crippen LogP contribution in [0.15, 0.2) is 0 Å². The Morgan fingerprint density at radius 1 is 1.29 bits per heavy atom. The van der Waals surface area contributed by atoms with E-state index in [9.17, 15) is 0 Å². The minimum atomic E-state index is 0.135. The van der Waals surface area contributed by atoms with Gasteiger partial charge in [-0.3, -0.25) is 0 Å². The van der Waals surface area contributed by atoms with Crippen molar-refractivity contribution in [2.75, 3.05) is 6.61 Å². The summed E-state index contributed by atoms with van der Waals surface area (Å²) in [7, 11) is 0. The highest BCUT2D eigenvalue weighted by atomic mass is 16.5. The Morgan fingerprint density at radius 2 is 2.00 bits per heavy atom. The molecule has 0 amide bonds. The molecule has 2 atom stereocenters. The zero-order valence-corrected chi connectivity index (χ0v) is 9.33. The first kappa shape index (κ1) is 11.5. The highest BCUT2D eigenvalue weighted by Crippen LogP contribution is 2.25. The number of nitrogens with zero attached hydrogens (tertiary/aromatic N) is 1. The number of ether oxygens (including phenoxy) is 1. The summed E-state index contributed by atoms with van der Waals surface area (Å²) < 4.78 is 5.81. The molecule has 0 aromatic heterocycles. The smallest absolute Gasteiger partial charge is 0.0733 e. The van der Waals surface area contributed by atoms with Crippen LogP contribution in [0.1, 0.15) is 46.0 Å². The van der Waals surface area contributed by atoms with E-state index in [-0.39, 0.29) is 12.0 Å². The van der Waals surface area contributed by atoms with Crippen molar-refractivity contribution in [1.29, 1.82) is 5.26 Å². The van der Waals surface area contributed by atoms with Crippen molar-refractivity contribution >= 4 is 0 Å². The lowest BCUT2D eigenvalue weighted by atomic mass is 9.99. The van der Waals surface area contributed by atoms with E-state index in [1.165, 1.54) is 19.3 Å². The Labute approximate surface area is 87.3 Å². The third-order valence-electron chi connectivity index (χ3n) is 2.76. The second kappa shape index (κ2) is 6.03. The van der Waals surface area contributed by atoms with E-state index in [0.717, 1.165) is 19.4 Å². The molecule has 1 aliphatic rings. The first-order valence-electron chi connectivity index (χ1n) is 5.75. The van der Waals surface area contributed by atoms with Crippen molar-refractivity contribution in [3.8, 4) is 6.07 Å². The van der Waals surface area contributed by atoms with Crippen molar-refractivity contribution in [1.82, 2.24) is 0 Å². The van der Waals surface area contributed by atoms with Crippen LogP contribution >= 0.6 is 0 Å². The Kier molecular flexibility index (Phi) is 4.97. The fourth-order valence-corrected chi connectivity index (χ4v) is 1.94. The first-order chi connectivity index (χ1) is 6.74. The molecule has 0 aliphatic heterocycles. The molecule has 2 heteroatoms. The maximum atomic E-state index is 9.02. The molecule has 0 N–H and O–H groups in total. The van der Waals surface area contributed by atoms with Crippen molar-refractivity contribution in [3.63, 3.8) is 0 Å². The molecule has 1 rings (SSSR count). The molecule has 0 bridgehead atoms. The van der Waals surface area contributed by atoms with Crippen LogP contribution in [0.5, 0.6) is 0 Å². The molecule has 0 aromatic carbocycles.